The summed E-state index contributed by atoms with van der Waals surface area (Å²) in [6, 6.07) is 0.662. The summed E-state index contributed by atoms with van der Waals surface area (Å²) in [5.41, 5.74) is -1.24. The number of sulfone groups is 1. The number of carbonyl (C=O) groups excluding carboxylic acids is 1. The van der Waals surface area contributed by atoms with Crippen LogP contribution in [0.3, 0.4) is 0 Å². The van der Waals surface area contributed by atoms with Crippen molar-refractivity contribution in [2.45, 2.75) is 69.2 Å². The van der Waals surface area contributed by atoms with E-state index in [-0.39, 0.29) is 10.7 Å². The van der Waals surface area contributed by atoms with E-state index < -0.39 is 38.6 Å². The van der Waals surface area contributed by atoms with E-state index in [1.807, 2.05) is 0 Å². The van der Waals surface area contributed by atoms with Crippen LogP contribution in [0.15, 0.2) is 12.3 Å². The standard InChI is InChI=1S/C22H28ClF3N2O4S/c23-18-9-16(22(24,25)26)11-27-19(18)32-20(29)28-13-21(10-14-1-2-14)7-5-17(6-8-21)33(30,31)12-15-3-4-15/h9,11,14-15,17H,1-8,10,12-13H2,(H,28,29). The number of halogens is 4. The molecule has 0 aromatic carbocycles. The van der Waals surface area contributed by atoms with Crippen molar-refractivity contribution in [3.63, 3.8) is 0 Å². The van der Waals surface area contributed by atoms with E-state index in [1.54, 1.807) is 0 Å². The number of pyridine rings is 1. The van der Waals surface area contributed by atoms with Gasteiger partial charge < -0.3 is 10.1 Å². The smallest absolute Gasteiger partial charge is 0.390 e. The minimum atomic E-state index is -4.60. The Balaban J connectivity index is 1.34. The van der Waals surface area contributed by atoms with E-state index in [9.17, 15) is 26.4 Å². The number of nitrogens with one attached hydrogen (secondary N) is 1. The van der Waals surface area contributed by atoms with Crippen LogP contribution in [0.25, 0.3) is 0 Å². The van der Waals surface area contributed by atoms with Gasteiger partial charge in [0.05, 0.1) is 16.6 Å². The van der Waals surface area contributed by atoms with Gasteiger partial charge in [-0.1, -0.05) is 24.4 Å². The molecule has 1 aromatic rings. The van der Waals surface area contributed by atoms with Crippen LogP contribution in [0.4, 0.5) is 18.0 Å². The zero-order valence-electron chi connectivity index (χ0n) is 18.2. The average Bonchev–Trinajstić information content (AvgIpc) is 3.66. The molecule has 3 fully saturated rings. The van der Waals surface area contributed by atoms with E-state index in [2.05, 4.69) is 10.3 Å². The molecule has 1 amide bonds. The van der Waals surface area contributed by atoms with Crippen molar-refractivity contribution >= 4 is 27.5 Å². The van der Waals surface area contributed by atoms with E-state index in [0.717, 1.165) is 32.1 Å². The minimum Gasteiger partial charge on any atom is -0.390 e. The van der Waals surface area contributed by atoms with Gasteiger partial charge in [-0.3, -0.25) is 0 Å². The van der Waals surface area contributed by atoms with Crippen molar-refractivity contribution < 1.29 is 31.1 Å². The second-order valence-corrected chi connectivity index (χ2v) is 12.6. The summed E-state index contributed by atoms with van der Waals surface area (Å²) in [4.78, 5) is 15.9. The highest BCUT2D eigenvalue weighted by Gasteiger charge is 2.44. The molecule has 0 saturated heterocycles. The predicted octanol–water partition coefficient (Wildman–Crippen LogP) is 5.40. The molecule has 184 valence electrons. The largest absolute Gasteiger partial charge is 0.417 e. The first-order chi connectivity index (χ1) is 15.5. The van der Waals surface area contributed by atoms with E-state index in [4.69, 9.17) is 16.3 Å². The number of hydrogen-bond donors (Lipinski definition) is 1. The summed E-state index contributed by atoms with van der Waals surface area (Å²) in [6.07, 6.45) is 2.91. The lowest BCUT2D eigenvalue weighted by atomic mass is 9.70. The van der Waals surface area contributed by atoms with Gasteiger partial charge in [0.2, 0.25) is 5.88 Å². The van der Waals surface area contributed by atoms with Crippen LogP contribution in [0, 0.1) is 17.3 Å². The van der Waals surface area contributed by atoms with Gasteiger partial charge in [0, 0.05) is 12.7 Å². The van der Waals surface area contributed by atoms with Crippen LogP contribution >= 0.6 is 11.6 Å². The Labute approximate surface area is 196 Å². The molecule has 6 nitrogen and oxygen atoms in total. The van der Waals surface area contributed by atoms with Crippen LogP contribution < -0.4 is 10.1 Å². The number of nitrogens with zero attached hydrogens (tertiary/aromatic N) is 1. The van der Waals surface area contributed by atoms with Gasteiger partial charge in [0.15, 0.2) is 9.84 Å². The number of carbonyl (C=O) groups is 1. The number of ether oxygens (including phenoxy) is 1. The van der Waals surface area contributed by atoms with Crippen molar-refractivity contribution in [2.24, 2.45) is 17.3 Å². The second-order valence-electron chi connectivity index (χ2n) is 9.87. The molecular formula is C22H28ClF3N2O4S. The first-order valence-electron chi connectivity index (χ1n) is 11.4. The highest BCUT2D eigenvalue weighted by atomic mass is 35.5. The van der Waals surface area contributed by atoms with Crippen molar-refractivity contribution in [1.82, 2.24) is 10.3 Å². The quantitative estimate of drug-likeness (QED) is 0.508. The van der Waals surface area contributed by atoms with E-state index >= 15 is 0 Å². The van der Waals surface area contributed by atoms with Crippen LogP contribution in [0.5, 0.6) is 5.88 Å². The van der Waals surface area contributed by atoms with Gasteiger partial charge in [-0.15, -0.1) is 0 Å². The topological polar surface area (TPSA) is 85.4 Å². The van der Waals surface area contributed by atoms with Crippen molar-refractivity contribution in [3.8, 4) is 5.88 Å². The van der Waals surface area contributed by atoms with Crippen molar-refractivity contribution in [2.75, 3.05) is 12.3 Å². The zero-order valence-corrected chi connectivity index (χ0v) is 19.7. The highest BCUT2D eigenvalue weighted by Crippen LogP contribution is 2.49. The molecule has 33 heavy (non-hydrogen) atoms. The minimum absolute atomic E-state index is 0.205. The van der Waals surface area contributed by atoms with Crippen LogP contribution in [-0.4, -0.2) is 37.0 Å². The molecule has 1 aromatic heterocycles. The monoisotopic (exact) mass is 508 g/mol. The summed E-state index contributed by atoms with van der Waals surface area (Å²) in [7, 11) is -3.09. The lowest BCUT2D eigenvalue weighted by Gasteiger charge is -2.40. The molecule has 3 aliphatic rings. The SMILES string of the molecule is O=C(NCC1(CC2CC2)CCC(S(=O)(=O)CC2CC2)CC1)Oc1ncc(C(F)(F)F)cc1Cl. The maximum Gasteiger partial charge on any atom is 0.417 e. The fourth-order valence-electron chi connectivity index (χ4n) is 4.74. The van der Waals surface area contributed by atoms with Crippen LogP contribution in [0.1, 0.15) is 63.4 Å². The fourth-order valence-corrected chi connectivity index (χ4v) is 7.16. The van der Waals surface area contributed by atoms with Gasteiger partial charge in [-0.2, -0.15) is 13.2 Å². The molecule has 0 unspecified atom stereocenters. The number of amides is 1. The Hall–Kier alpha value is -1.55. The Morgan fingerprint density at radius 2 is 1.79 bits per heavy atom. The van der Waals surface area contributed by atoms with Crippen molar-refractivity contribution in [1.29, 1.82) is 0 Å². The number of rotatable bonds is 8. The van der Waals surface area contributed by atoms with Crippen LogP contribution in [0.2, 0.25) is 5.02 Å². The summed E-state index contributed by atoms with van der Waals surface area (Å²) in [5, 5.41) is 1.99. The van der Waals surface area contributed by atoms with Gasteiger partial charge in [0.25, 0.3) is 0 Å². The molecule has 1 N–H and O–H groups in total. The average molecular weight is 509 g/mol. The summed E-state index contributed by atoms with van der Waals surface area (Å²) < 4.78 is 68.7. The Morgan fingerprint density at radius 3 is 2.33 bits per heavy atom. The molecule has 0 bridgehead atoms. The molecule has 0 spiro atoms. The number of hydrogen-bond acceptors (Lipinski definition) is 5. The summed E-state index contributed by atoms with van der Waals surface area (Å²) in [6.45, 7) is 0.315. The van der Waals surface area contributed by atoms with Gasteiger partial charge in [-0.25, -0.2) is 18.2 Å². The third kappa shape index (κ3) is 6.53. The number of alkyl halides is 3. The lowest BCUT2D eigenvalue weighted by Crippen LogP contribution is -2.43. The normalized spacial score (nSPS) is 26.1. The molecular weight excluding hydrogens is 481 g/mol. The zero-order chi connectivity index (χ0) is 23.9. The summed E-state index contributed by atoms with van der Waals surface area (Å²) >= 11 is 5.81. The molecule has 3 aliphatic carbocycles. The molecule has 0 atom stereocenters. The highest BCUT2D eigenvalue weighted by molar-refractivity contribution is 7.92. The molecule has 0 aliphatic heterocycles. The van der Waals surface area contributed by atoms with Crippen LogP contribution in [-0.2, 0) is 16.0 Å². The molecule has 11 heteroatoms. The van der Waals surface area contributed by atoms with E-state index in [1.165, 1.54) is 0 Å². The van der Waals surface area contributed by atoms with Gasteiger partial charge >= 0.3 is 12.3 Å². The maximum atomic E-state index is 12.8. The maximum absolute atomic E-state index is 12.8. The summed E-state index contributed by atoms with van der Waals surface area (Å²) in [5.74, 6) is 0.815. The predicted molar refractivity (Wildman–Crippen MR) is 117 cm³/mol. The number of aromatic nitrogens is 1. The van der Waals surface area contributed by atoms with Gasteiger partial charge in [-0.05, 0) is 68.3 Å². The molecule has 1 heterocycles. The van der Waals surface area contributed by atoms with Crippen molar-refractivity contribution in [3.05, 3.63) is 22.8 Å². The molecule has 0 radical (unpaired) electrons. The second kappa shape index (κ2) is 9.24. The Kier molecular flexibility index (Phi) is 6.88. The third-order valence-electron chi connectivity index (χ3n) is 7.02. The fraction of sp³-hybridized carbons (Fsp3) is 0.727. The Morgan fingerprint density at radius 1 is 1.15 bits per heavy atom. The Bertz CT molecular complexity index is 986. The first kappa shape index (κ1) is 24.6. The molecule has 4 rings (SSSR count). The van der Waals surface area contributed by atoms with E-state index in [0.29, 0.717) is 62.1 Å². The third-order valence-corrected chi connectivity index (χ3v) is 9.71. The molecule has 3 saturated carbocycles. The first-order valence-corrected chi connectivity index (χ1v) is 13.5. The van der Waals surface area contributed by atoms with Gasteiger partial charge in [0.1, 0.15) is 5.02 Å². The lowest BCUT2D eigenvalue weighted by molar-refractivity contribution is -0.137.